The molecular formula is C23H32N2O4. The van der Waals surface area contributed by atoms with Crippen LogP contribution in [0.2, 0.25) is 0 Å². The SMILES string of the molecule is CC(C)(C)OC(=O)N1CCCC(C(=O)N2CCC(C(=O)c3ccccc3)CC2)C1. The fraction of sp³-hybridized carbons (Fsp3) is 0.609. The summed E-state index contributed by atoms with van der Waals surface area (Å²) in [5, 5.41) is 0. The molecule has 2 fully saturated rings. The van der Waals surface area contributed by atoms with Crippen LogP contribution in [0.4, 0.5) is 4.79 Å². The van der Waals surface area contributed by atoms with Gasteiger partial charge in [0, 0.05) is 37.7 Å². The summed E-state index contributed by atoms with van der Waals surface area (Å²) in [6, 6.07) is 9.37. The van der Waals surface area contributed by atoms with E-state index >= 15 is 0 Å². The van der Waals surface area contributed by atoms with E-state index in [1.165, 1.54) is 0 Å². The quantitative estimate of drug-likeness (QED) is 0.725. The zero-order chi connectivity index (χ0) is 21.0. The third-order valence-corrected chi connectivity index (χ3v) is 5.66. The molecule has 0 bridgehead atoms. The minimum atomic E-state index is -0.540. The van der Waals surface area contributed by atoms with Gasteiger partial charge < -0.3 is 14.5 Å². The molecule has 0 N–H and O–H groups in total. The molecule has 2 heterocycles. The van der Waals surface area contributed by atoms with Crippen LogP contribution in [0.1, 0.15) is 56.8 Å². The van der Waals surface area contributed by atoms with Crippen LogP contribution in [-0.2, 0) is 9.53 Å². The van der Waals surface area contributed by atoms with Gasteiger partial charge in [0.05, 0.1) is 5.92 Å². The second-order valence-electron chi connectivity index (χ2n) is 9.10. The van der Waals surface area contributed by atoms with E-state index in [9.17, 15) is 14.4 Å². The van der Waals surface area contributed by atoms with Gasteiger partial charge in [0.15, 0.2) is 5.78 Å². The largest absolute Gasteiger partial charge is 0.444 e. The zero-order valence-electron chi connectivity index (χ0n) is 17.7. The number of amides is 2. The number of hydrogen-bond acceptors (Lipinski definition) is 4. The first kappa shape index (κ1) is 21.3. The van der Waals surface area contributed by atoms with Crippen molar-refractivity contribution in [3.05, 3.63) is 35.9 Å². The van der Waals surface area contributed by atoms with E-state index in [1.54, 1.807) is 4.90 Å². The smallest absolute Gasteiger partial charge is 0.410 e. The number of carbonyl (C=O) groups excluding carboxylic acids is 3. The van der Waals surface area contributed by atoms with Crippen molar-refractivity contribution in [1.82, 2.24) is 9.80 Å². The second kappa shape index (κ2) is 8.97. The number of ether oxygens (including phenoxy) is 1. The molecule has 2 amide bonds. The minimum Gasteiger partial charge on any atom is -0.444 e. The number of benzene rings is 1. The van der Waals surface area contributed by atoms with E-state index in [2.05, 4.69) is 0 Å². The highest BCUT2D eigenvalue weighted by Crippen LogP contribution is 2.26. The van der Waals surface area contributed by atoms with Crippen LogP contribution in [0.3, 0.4) is 0 Å². The lowest BCUT2D eigenvalue weighted by molar-refractivity contribution is -0.138. The van der Waals surface area contributed by atoms with Gasteiger partial charge in [-0.15, -0.1) is 0 Å². The van der Waals surface area contributed by atoms with Crippen molar-refractivity contribution in [2.24, 2.45) is 11.8 Å². The summed E-state index contributed by atoms with van der Waals surface area (Å²) in [7, 11) is 0. The first-order valence-corrected chi connectivity index (χ1v) is 10.6. The number of piperidine rings is 2. The average Bonchev–Trinajstić information content (AvgIpc) is 2.72. The normalized spacial score (nSPS) is 21.0. The van der Waals surface area contributed by atoms with Gasteiger partial charge in [-0.25, -0.2) is 4.79 Å². The van der Waals surface area contributed by atoms with E-state index in [0.29, 0.717) is 39.0 Å². The molecule has 29 heavy (non-hydrogen) atoms. The minimum absolute atomic E-state index is 0.0222. The predicted octanol–water partition coefficient (Wildman–Crippen LogP) is 3.76. The van der Waals surface area contributed by atoms with Gasteiger partial charge in [0.2, 0.25) is 5.91 Å². The summed E-state index contributed by atoms with van der Waals surface area (Å²) in [5.41, 5.74) is 0.207. The molecule has 2 aliphatic rings. The molecule has 1 unspecified atom stereocenters. The molecule has 3 rings (SSSR count). The molecule has 0 spiro atoms. The van der Waals surface area contributed by atoms with Crippen molar-refractivity contribution in [3.63, 3.8) is 0 Å². The van der Waals surface area contributed by atoms with E-state index in [-0.39, 0.29) is 29.6 Å². The Balaban J connectivity index is 1.52. The van der Waals surface area contributed by atoms with Crippen molar-refractivity contribution < 1.29 is 19.1 Å². The Hall–Kier alpha value is -2.37. The Labute approximate surface area is 173 Å². The third kappa shape index (κ3) is 5.58. The van der Waals surface area contributed by atoms with Gasteiger partial charge in [-0.1, -0.05) is 30.3 Å². The molecular weight excluding hydrogens is 368 g/mol. The summed E-state index contributed by atoms with van der Waals surface area (Å²) in [6.07, 6.45) is 2.64. The number of Topliss-reactive ketones (excluding diaryl/α,β-unsaturated/α-hetero) is 1. The van der Waals surface area contributed by atoms with Crippen LogP contribution in [0, 0.1) is 11.8 Å². The fourth-order valence-electron chi connectivity index (χ4n) is 4.13. The fourth-order valence-corrected chi connectivity index (χ4v) is 4.13. The highest BCUT2D eigenvalue weighted by atomic mass is 16.6. The summed E-state index contributed by atoms with van der Waals surface area (Å²) in [5.74, 6) is 0.0686. The summed E-state index contributed by atoms with van der Waals surface area (Å²) < 4.78 is 5.46. The average molecular weight is 401 g/mol. The van der Waals surface area contributed by atoms with E-state index in [1.807, 2.05) is 56.0 Å². The summed E-state index contributed by atoms with van der Waals surface area (Å²) >= 11 is 0. The monoisotopic (exact) mass is 400 g/mol. The Bertz CT molecular complexity index is 733. The number of likely N-dealkylation sites (tertiary alicyclic amines) is 2. The molecule has 0 radical (unpaired) electrons. The van der Waals surface area contributed by atoms with Gasteiger partial charge in [-0.2, -0.15) is 0 Å². The van der Waals surface area contributed by atoms with Crippen LogP contribution < -0.4 is 0 Å². The first-order valence-electron chi connectivity index (χ1n) is 10.6. The van der Waals surface area contributed by atoms with Gasteiger partial charge in [-0.3, -0.25) is 9.59 Å². The lowest BCUT2D eigenvalue weighted by Crippen LogP contribution is -2.49. The number of hydrogen-bond donors (Lipinski definition) is 0. The van der Waals surface area contributed by atoms with Crippen molar-refractivity contribution in [3.8, 4) is 0 Å². The summed E-state index contributed by atoms with van der Waals surface area (Å²) in [6.45, 7) is 7.79. The predicted molar refractivity (Wildman–Crippen MR) is 111 cm³/mol. The Morgan fingerprint density at radius 2 is 1.55 bits per heavy atom. The molecule has 1 aromatic carbocycles. The zero-order valence-corrected chi connectivity index (χ0v) is 17.7. The highest BCUT2D eigenvalue weighted by Gasteiger charge is 2.35. The number of ketones is 1. The van der Waals surface area contributed by atoms with Crippen LogP contribution in [0.25, 0.3) is 0 Å². The van der Waals surface area contributed by atoms with Crippen molar-refractivity contribution in [1.29, 1.82) is 0 Å². The lowest BCUT2D eigenvalue weighted by Gasteiger charge is -2.38. The standard InChI is InChI=1S/C23H32N2O4/c1-23(2,3)29-22(28)25-13-7-10-19(16-25)21(27)24-14-11-18(12-15-24)20(26)17-8-5-4-6-9-17/h4-6,8-9,18-19H,7,10-16H2,1-3H3. The molecule has 2 aliphatic heterocycles. The molecule has 158 valence electrons. The topological polar surface area (TPSA) is 66.9 Å². The Morgan fingerprint density at radius 3 is 2.17 bits per heavy atom. The van der Waals surface area contributed by atoms with E-state index < -0.39 is 5.60 Å². The first-order chi connectivity index (χ1) is 13.7. The Morgan fingerprint density at radius 1 is 0.897 bits per heavy atom. The van der Waals surface area contributed by atoms with Gasteiger partial charge in [-0.05, 0) is 46.5 Å². The Kier molecular flexibility index (Phi) is 6.60. The molecule has 6 heteroatoms. The van der Waals surface area contributed by atoms with Crippen molar-refractivity contribution in [2.45, 2.75) is 52.1 Å². The van der Waals surface area contributed by atoms with Crippen molar-refractivity contribution >= 4 is 17.8 Å². The maximum absolute atomic E-state index is 13.0. The number of carbonyl (C=O) groups is 3. The second-order valence-corrected chi connectivity index (χ2v) is 9.10. The van der Waals surface area contributed by atoms with Gasteiger partial charge >= 0.3 is 6.09 Å². The maximum Gasteiger partial charge on any atom is 0.410 e. The van der Waals surface area contributed by atoms with E-state index in [0.717, 1.165) is 18.4 Å². The third-order valence-electron chi connectivity index (χ3n) is 5.66. The molecule has 0 saturated carbocycles. The van der Waals surface area contributed by atoms with Crippen molar-refractivity contribution in [2.75, 3.05) is 26.2 Å². The van der Waals surface area contributed by atoms with E-state index in [4.69, 9.17) is 4.74 Å². The number of rotatable bonds is 3. The van der Waals surface area contributed by atoms with Gasteiger partial charge in [0.25, 0.3) is 0 Å². The highest BCUT2D eigenvalue weighted by molar-refractivity contribution is 5.98. The molecule has 0 aromatic heterocycles. The molecule has 6 nitrogen and oxygen atoms in total. The lowest BCUT2D eigenvalue weighted by atomic mass is 9.88. The molecule has 1 atom stereocenters. The number of nitrogens with zero attached hydrogens (tertiary/aromatic N) is 2. The molecule has 1 aromatic rings. The summed E-state index contributed by atoms with van der Waals surface area (Å²) in [4.78, 5) is 41.5. The maximum atomic E-state index is 13.0. The van der Waals surface area contributed by atoms with Gasteiger partial charge in [0.1, 0.15) is 5.60 Å². The van der Waals surface area contributed by atoms with Crippen LogP contribution in [0.5, 0.6) is 0 Å². The van der Waals surface area contributed by atoms with Crippen LogP contribution >= 0.6 is 0 Å². The van der Waals surface area contributed by atoms with Crippen LogP contribution in [-0.4, -0.2) is 59.4 Å². The van der Waals surface area contributed by atoms with Crippen LogP contribution in [0.15, 0.2) is 30.3 Å². The molecule has 0 aliphatic carbocycles. The molecule has 2 saturated heterocycles.